The fraction of sp³-hybridized carbons (Fsp3) is 0.500. The van der Waals surface area contributed by atoms with Gasteiger partial charge in [-0.2, -0.15) is 0 Å². The average molecular weight is 208 g/mol. The van der Waals surface area contributed by atoms with E-state index in [2.05, 4.69) is 9.97 Å². The molecule has 1 atom stereocenters. The van der Waals surface area contributed by atoms with E-state index in [1.807, 2.05) is 0 Å². The molecule has 80 valence electrons. The first-order chi connectivity index (χ1) is 7.20. The summed E-state index contributed by atoms with van der Waals surface area (Å²) in [6.45, 7) is 0. The van der Waals surface area contributed by atoms with Crippen molar-refractivity contribution in [3.05, 3.63) is 24.3 Å². The van der Waals surface area contributed by atoms with Crippen LogP contribution in [0.15, 0.2) is 18.6 Å². The topological polar surface area (TPSA) is 72.3 Å². The van der Waals surface area contributed by atoms with Gasteiger partial charge in [-0.3, -0.25) is 9.97 Å². The summed E-state index contributed by atoms with van der Waals surface area (Å²) < 4.78 is 5.03. The SMILES string of the molecule is COC(C(=O)O)C1(c2cnccn2)CC1. The van der Waals surface area contributed by atoms with Crippen molar-refractivity contribution in [1.29, 1.82) is 0 Å². The van der Waals surface area contributed by atoms with Gasteiger partial charge in [-0.1, -0.05) is 0 Å². The second kappa shape index (κ2) is 3.58. The molecular weight excluding hydrogens is 196 g/mol. The molecule has 1 heterocycles. The minimum Gasteiger partial charge on any atom is -0.479 e. The fourth-order valence-electron chi connectivity index (χ4n) is 1.91. The molecule has 0 saturated heterocycles. The summed E-state index contributed by atoms with van der Waals surface area (Å²) in [5.74, 6) is -0.944. The number of carboxylic acids is 1. The normalized spacial score (nSPS) is 19.5. The number of hydrogen-bond donors (Lipinski definition) is 1. The third-order valence-electron chi connectivity index (χ3n) is 2.82. The maximum Gasteiger partial charge on any atom is 0.333 e. The maximum atomic E-state index is 11.0. The van der Waals surface area contributed by atoms with Gasteiger partial charge >= 0.3 is 5.97 Å². The highest BCUT2D eigenvalue weighted by atomic mass is 16.5. The number of aliphatic carboxylic acids is 1. The average Bonchev–Trinajstić information content (AvgIpc) is 3.01. The molecule has 5 nitrogen and oxygen atoms in total. The highest BCUT2D eigenvalue weighted by molar-refractivity contribution is 5.75. The van der Waals surface area contributed by atoms with Gasteiger partial charge in [0.1, 0.15) is 0 Å². The first kappa shape index (κ1) is 10.0. The lowest BCUT2D eigenvalue weighted by Gasteiger charge is -2.20. The zero-order chi connectivity index (χ0) is 10.9. The minimum atomic E-state index is -0.944. The smallest absolute Gasteiger partial charge is 0.333 e. The van der Waals surface area contributed by atoms with Crippen LogP contribution < -0.4 is 0 Å². The van der Waals surface area contributed by atoms with Crippen molar-refractivity contribution < 1.29 is 14.6 Å². The van der Waals surface area contributed by atoms with Crippen LogP contribution >= 0.6 is 0 Å². The summed E-state index contributed by atoms with van der Waals surface area (Å²) in [7, 11) is 1.41. The highest BCUT2D eigenvalue weighted by Gasteiger charge is 2.55. The second-order valence-electron chi connectivity index (χ2n) is 3.70. The number of nitrogens with zero attached hydrogens (tertiary/aromatic N) is 2. The molecule has 0 aliphatic heterocycles. The molecule has 1 saturated carbocycles. The number of carbonyl (C=O) groups is 1. The third kappa shape index (κ3) is 1.59. The van der Waals surface area contributed by atoms with Crippen molar-refractivity contribution in [3.8, 4) is 0 Å². The summed E-state index contributed by atoms with van der Waals surface area (Å²) in [6, 6.07) is 0. The Bertz CT molecular complexity index is 362. The van der Waals surface area contributed by atoms with Crippen molar-refractivity contribution >= 4 is 5.97 Å². The Labute approximate surface area is 87.1 Å². The Morgan fingerprint density at radius 1 is 1.60 bits per heavy atom. The van der Waals surface area contributed by atoms with E-state index in [1.54, 1.807) is 18.6 Å². The summed E-state index contributed by atoms with van der Waals surface area (Å²) in [4.78, 5) is 19.1. The van der Waals surface area contributed by atoms with Crippen LogP contribution in [0.1, 0.15) is 18.5 Å². The quantitative estimate of drug-likeness (QED) is 0.784. The molecule has 0 spiro atoms. The number of methoxy groups -OCH3 is 1. The van der Waals surface area contributed by atoms with Crippen LogP contribution in [0.4, 0.5) is 0 Å². The van der Waals surface area contributed by atoms with Crippen LogP contribution in [-0.2, 0) is 14.9 Å². The first-order valence-corrected chi connectivity index (χ1v) is 4.73. The number of aromatic nitrogens is 2. The molecule has 0 bridgehead atoms. The van der Waals surface area contributed by atoms with Crippen LogP contribution in [0.2, 0.25) is 0 Å². The van der Waals surface area contributed by atoms with E-state index >= 15 is 0 Å². The van der Waals surface area contributed by atoms with Gasteiger partial charge in [0.25, 0.3) is 0 Å². The molecule has 1 aliphatic rings. The molecule has 1 aromatic rings. The van der Waals surface area contributed by atoms with Gasteiger partial charge in [0, 0.05) is 25.7 Å². The van der Waals surface area contributed by atoms with Gasteiger partial charge in [-0.05, 0) is 12.8 Å². The van der Waals surface area contributed by atoms with Gasteiger partial charge < -0.3 is 9.84 Å². The first-order valence-electron chi connectivity index (χ1n) is 4.73. The Hall–Kier alpha value is -1.49. The number of carboxylic acid groups (broad SMARTS) is 1. The zero-order valence-corrected chi connectivity index (χ0v) is 8.38. The van der Waals surface area contributed by atoms with Crippen LogP contribution in [-0.4, -0.2) is 34.3 Å². The van der Waals surface area contributed by atoms with Crippen LogP contribution in [0.3, 0.4) is 0 Å². The molecule has 0 amide bonds. The van der Waals surface area contributed by atoms with E-state index in [-0.39, 0.29) is 0 Å². The van der Waals surface area contributed by atoms with Crippen molar-refractivity contribution in [1.82, 2.24) is 9.97 Å². The lowest BCUT2D eigenvalue weighted by atomic mass is 9.95. The van der Waals surface area contributed by atoms with Crippen LogP contribution in [0.25, 0.3) is 0 Å². The summed E-state index contributed by atoms with van der Waals surface area (Å²) >= 11 is 0. The Kier molecular flexibility index (Phi) is 2.40. The lowest BCUT2D eigenvalue weighted by Crippen LogP contribution is -2.36. The summed E-state index contributed by atoms with van der Waals surface area (Å²) in [5.41, 5.74) is 0.244. The molecule has 5 heteroatoms. The Balaban J connectivity index is 2.31. The summed E-state index contributed by atoms with van der Waals surface area (Å²) in [5, 5.41) is 9.04. The Morgan fingerprint density at radius 3 is 2.73 bits per heavy atom. The summed E-state index contributed by atoms with van der Waals surface area (Å²) in [6.07, 6.45) is 5.51. The molecule has 15 heavy (non-hydrogen) atoms. The highest BCUT2D eigenvalue weighted by Crippen LogP contribution is 2.50. The predicted molar refractivity (Wildman–Crippen MR) is 51.4 cm³/mol. The van der Waals surface area contributed by atoms with Gasteiger partial charge in [0.2, 0.25) is 0 Å². The fourth-order valence-corrected chi connectivity index (χ4v) is 1.91. The molecular formula is C10H12N2O3. The van der Waals surface area contributed by atoms with E-state index in [0.717, 1.165) is 12.8 Å². The number of hydrogen-bond acceptors (Lipinski definition) is 4. The van der Waals surface area contributed by atoms with Crippen LogP contribution in [0, 0.1) is 0 Å². The van der Waals surface area contributed by atoms with E-state index in [0.29, 0.717) is 5.69 Å². The minimum absolute atomic E-state index is 0.463. The van der Waals surface area contributed by atoms with Gasteiger partial charge in [-0.15, -0.1) is 0 Å². The molecule has 1 unspecified atom stereocenters. The molecule has 1 fully saturated rings. The van der Waals surface area contributed by atoms with Gasteiger partial charge in [0.15, 0.2) is 6.10 Å². The lowest BCUT2D eigenvalue weighted by molar-refractivity contribution is -0.150. The van der Waals surface area contributed by atoms with E-state index in [9.17, 15) is 4.79 Å². The van der Waals surface area contributed by atoms with E-state index in [4.69, 9.17) is 9.84 Å². The molecule has 0 aromatic carbocycles. The molecule has 2 rings (SSSR count). The Morgan fingerprint density at radius 2 is 2.33 bits per heavy atom. The monoisotopic (exact) mass is 208 g/mol. The third-order valence-corrected chi connectivity index (χ3v) is 2.82. The maximum absolute atomic E-state index is 11.0. The van der Waals surface area contributed by atoms with Crippen molar-refractivity contribution in [2.45, 2.75) is 24.4 Å². The largest absolute Gasteiger partial charge is 0.479 e. The molecule has 1 aliphatic carbocycles. The van der Waals surface area contributed by atoms with Crippen molar-refractivity contribution in [2.24, 2.45) is 0 Å². The molecule has 0 radical (unpaired) electrons. The van der Waals surface area contributed by atoms with Crippen molar-refractivity contribution in [2.75, 3.05) is 7.11 Å². The standard InChI is InChI=1S/C10H12N2O3/c1-15-8(9(13)14)10(2-3-10)7-6-11-4-5-12-7/h4-6,8H,2-3H2,1H3,(H,13,14). The van der Waals surface area contributed by atoms with Gasteiger partial charge in [0.05, 0.1) is 11.1 Å². The number of rotatable bonds is 4. The second-order valence-corrected chi connectivity index (χ2v) is 3.70. The van der Waals surface area contributed by atoms with E-state index < -0.39 is 17.5 Å². The van der Waals surface area contributed by atoms with Crippen molar-refractivity contribution in [3.63, 3.8) is 0 Å². The predicted octanol–water partition coefficient (Wildman–Crippen LogP) is 0.608. The van der Waals surface area contributed by atoms with Crippen LogP contribution in [0.5, 0.6) is 0 Å². The molecule has 1 N–H and O–H groups in total. The van der Waals surface area contributed by atoms with Gasteiger partial charge in [-0.25, -0.2) is 4.79 Å². The molecule has 1 aromatic heterocycles. The zero-order valence-electron chi connectivity index (χ0n) is 8.38. The van der Waals surface area contributed by atoms with E-state index in [1.165, 1.54) is 7.11 Å². The number of ether oxygens (including phenoxy) is 1.